The first kappa shape index (κ1) is 26.0. The van der Waals surface area contributed by atoms with Gasteiger partial charge in [0.05, 0.1) is 11.6 Å². The number of nitrogens with one attached hydrogen (secondary N) is 1. The van der Waals surface area contributed by atoms with E-state index in [-0.39, 0.29) is 33.7 Å². The number of unbranched alkanes of at least 4 members (excludes halogenated alkanes) is 1. The number of aromatic hydroxyl groups is 1. The number of carbonyl (C=O) groups excluding carboxylic acids is 1. The molecule has 2 N–H and O–H groups in total. The van der Waals surface area contributed by atoms with E-state index in [4.69, 9.17) is 32.7 Å². The zero-order valence-corrected chi connectivity index (χ0v) is 22.4. The van der Waals surface area contributed by atoms with Crippen LogP contribution in [0.25, 0.3) is 0 Å². The quantitative estimate of drug-likeness (QED) is 0.260. The molecule has 2 aliphatic rings. The number of carbonyl (C=O) groups is 1. The first-order valence-corrected chi connectivity index (χ1v) is 13.2. The number of fused-ring (bicyclic) bond motifs is 2. The van der Waals surface area contributed by atoms with Crippen molar-refractivity contribution >= 4 is 34.9 Å². The van der Waals surface area contributed by atoms with Gasteiger partial charge in [-0.1, -0.05) is 57.3 Å². The van der Waals surface area contributed by atoms with E-state index in [9.17, 15) is 9.90 Å². The summed E-state index contributed by atoms with van der Waals surface area (Å²) in [5.74, 6) is 0.741. The first-order valence-electron chi connectivity index (χ1n) is 12.5. The van der Waals surface area contributed by atoms with Gasteiger partial charge in [-0.25, -0.2) is 4.79 Å². The summed E-state index contributed by atoms with van der Waals surface area (Å²) in [7, 11) is 0. The molecular formula is C28H35Cl2NO4. The molecule has 2 aromatic rings. The molecule has 3 unspecified atom stereocenters. The highest BCUT2D eigenvalue weighted by Crippen LogP contribution is 2.66. The molecule has 0 aliphatic heterocycles. The van der Waals surface area contributed by atoms with Crippen molar-refractivity contribution in [3.63, 3.8) is 0 Å². The van der Waals surface area contributed by atoms with Gasteiger partial charge in [0.2, 0.25) is 0 Å². The lowest BCUT2D eigenvalue weighted by atomic mass is 9.70. The molecule has 2 saturated carbocycles. The molecule has 0 heterocycles. The molecule has 0 amide bonds. The van der Waals surface area contributed by atoms with E-state index in [1.165, 1.54) is 12.5 Å². The van der Waals surface area contributed by atoms with Crippen molar-refractivity contribution in [1.82, 2.24) is 0 Å². The zero-order valence-electron chi connectivity index (χ0n) is 20.9. The average molecular weight is 520 g/mol. The van der Waals surface area contributed by atoms with Crippen LogP contribution < -0.4 is 10.1 Å². The third-order valence-corrected chi connectivity index (χ3v) is 9.02. The van der Waals surface area contributed by atoms with Gasteiger partial charge in [-0.2, -0.15) is 0 Å². The Bertz CT molecular complexity index is 1100. The highest BCUT2D eigenvalue weighted by atomic mass is 35.5. The second-order valence-corrected chi connectivity index (χ2v) is 11.5. The van der Waals surface area contributed by atoms with Crippen LogP contribution in [0.4, 0.5) is 5.69 Å². The van der Waals surface area contributed by atoms with Crippen LogP contribution in [0.15, 0.2) is 30.3 Å². The number of benzene rings is 2. The minimum atomic E-state index is -0.336. The van der Waals surface area contributed by atoms with Gasteiger partial charge < -0.3 is 19.9 Å². The van der Waals surface area contributed by atoms with Gasteiger partial charge in [-0.15, -0.1) is 0 Å². The van der Waals surface area contributed by atoms with Crippen molar-refractivity contribution in [1.29, 1.82) is 0 Å². The van der Waals surface area contributed by atoms with Gasteiger partial charge in [0.15, 0.2) is 0 Å². The van der Waals surface area contributed by atoms with Crippen LogP contribution in [0, 0.1) is 16.7 Å². The summed E-state index contributed by atoms with van der Waals surface area (Å²) in [5, 5.41) is 14.1. The Morgan fingerprint density at radius 1 is 1.20 bits per heavy atom. The Morgan fingerprint density at radius 2 is 1.97 bits per heavy atom. The second kappa shape index (κ2) is 10.1. The number of hydrogen-bond donors (Lipinski definition) is 2. The number of phenolic OH excluding ortho intramolecular Hbond substituents is 1. The molecule has 7 heteroatoms. The smallest absolute Gasteiger partial charge is 0.342 e. The molecule has 35 heavy (non-hydrogen) atoms. The number of anilines is 1. The Morgan fingerprint density at radius 3 is 2.63 bits per heavy atom. The maximum Gasteiger partial charge on any atom is 0.342 e. The summed E-state index contributed by atoms with van der Waals surface area (Å²) in [4.78, 5) is 13.3. The lowest BCUT2D eigenvalue weighted by molar-refractivity contribution is -0.0244. The fourth-order valence-electron chi connectivity index (χ4n) is 5.70. The Labute approximate surface area is 218 Å². The predicted octanol–water partition coefficient (Wildman–Crippen LogP) is 7.86. The lowest BCUT2D eigenvalue weighted by Crippen LogP contribution is -2.38. The molecule has 2 fully saturated rings. The number of esters is 1. The zero-order chi connectivity index (χ0) is 25.4. The molecule has 2 aromatic carbocycles. The van der Waals surface area contributed by atoms with Crippen LogP contribution in [0.1, 0.15) is 75.7 Å². The Kier molecular flexibility index (Phi) is 7.49. The maximum atomic E-state index is 13.3. The van der Waals surface area contributed by atoms with Crippen LogP contribution >= 0.6 is 23.2 Å². The van der Waals surface area contributed by atoms with E-state index in [0.717, 1.165) is 31.4 Å². The van der Waals surface area contributed by atoms with Gasteiger partial charge in [-0.3, -0.25) is 0 Å². The van der Waals surface area contributed by atoms with Crippen LogP contribution in [-0.4, -0.2) is 23.8 Å². The lowest BCUT2D eigenvalue weighted by Gasteiger charge is -2.38. The van der Waals surface area contributed by atoms with Crippen molar-refractivity contribution in [3.8, 4) is 11.5 Å². The SMILES string of the molecule is CCCCOc1cc(NCc2cc(Cl)cc(Cl)c2O)ccc1C(=O)OC1CC2CCC1(C)C2(C)C. The summed E-state index contributed by atoms with van der Waals surface area (Å²) in [6, 6.07) is 8.54. The molecule has 4 rings (SSSR count). The second-order valence-electron chi connectivity index (χ2n) is 10.7. The maximum absolute atomic E-state index is 13.3. The van der Waals surface area contributed by atoms with E-state index in [2.05, 4.69) is 33.0 Å². The van der Waals surface area contributed by atoms with Crippen LogP contribution in [0.2, 0.25) is 10.0 Å². The minimum absolute atomic E-state index is 0.00170. The van der Waals surface area contributed by atoms with E-state index in [1.807, 2.05) is 12.1 Å². The molecule has 0 aromatic heterocycles. The van der Waals surface area contributed by atoms with Gasteiger partial charge in [0, 0.05) is 34.3 Å². The topological polar surface area (TPSA) is 67.8 Å². The molecule has 2 aliphatic carbocycles. The predicted molar refractivity (Wildman–Crippen MR) is 141 cm³/mol. The number of hydrogen-bond acceptors (Lipinski definition) is 5. The van der Waals surface area contributed by atoms with Crippen LogP contribution in [-0.2, 0) is 11.3 Å². The Balaban J connectivity index is 1.52. The molecule has 3 atom stereocenters. The largest absolute Gasteiger partial charge is 0.506 e. The van der Waals surface area contributed by atoms with Gasteiger partial charge in [-0.05, 0) is 61.3 Å². The molecule has 0 spiro atoms. The summed E-state index contributed by atoms with van der Waals surface area (Å²) in [6.45, 7) is 9.80. The minimum Gasteiger partial charge on any atom is -0.506 e. The number of halogens is 2. The first-order chi connectivity index (χ1) is 16.6. The molecule has 0 radical (unpaired) electrons. The molecule has 190 valence electrons. The van der Waals surface area contributed by atoms with Crippen LogP contribution in [0.3, 0.4) is 0 Å². The summed E-state index contributed by atoms with van der Waals surface area (Å²) < 4.78 is 12.1. The summed E-state index contributed by atoms with van der Waals surface area (Å²) in [6.07, 6.45) is 5.01. The van der Waals surface area contributed by atoms with Crippen molar-refractivity contribution < 1.29 is 19.4 Å². The van der Waals surface area contributed by atoms with Crippen molar-refractivity contribution in [2.75, 3.05) is 11.9 Å². The van der Waals surface area contributed by atoms with Crippen LogP contribution in [0.5, 0.6) is 11.5 Å². The fourth-order valence-corrected chi connectivity index (χ4v) is 6.23. The molecule has 2 bridgehead atoms. The number of rotatable bonds is 9. The third-order valence-electron chi connectivity index (χ3n) is 8.51. The van der Waals surface area contributed by atoms with Crippen molar-refractivity contribution in [2.45, 2.75) is 72.4 Å². The van der Waals surface area contributed by atoms with E-state index < -0.39 is 0 Å². The monoisotopic (exact) mass is 519 g/mol. The number of phenols is 1. The third kappa shape index (κ3) is 4.95. The van der Waals surface area contributed by atoms with E-state index >= 15 is 0 Å². The average Bonchev–Trinajstić information content (AvgIpc) is 3.14. The van der Waals surface area contributed by atoms with Crippen molar-refractivity contribution in [2.24, 2.45) is 16.7 Å². The normalized spacial score (nSPS) is 24.4. The Hall–Kier alpha value is -2.11. The number of ether oxygens (including phenoxy) is 2. The highest BCUT2D eigenvalue weighted by molar-refractivity contribution is 6.35. The van der Waals surface area contributed by atoms with E-state index in [0.29, 0.717) is 41.0 Å². The molecule has 0 saturated heterocycles. The van der Waals surface area contributed by atoms with Gasteiger partial charge >= 0.3 is 5.97 Å². The summed E-state index contributed by atoms with van der Waals surface area (Å²) >= 11 is 12.1. The molecular weight excluding hydrogens is 485 g/mol. The standard InChI is InChI=1S/C28H35Cl2NO4/c1-5-6-11-34-23-15-20(31-16-17-12-19(29)14-22(30)25(17)32)7-8-21(23)26(33)35-24-13-18-9-10-28(24,4)27(18,2)3/h7-8,12,14-15,18,24,31-32H,5-6,9-11,13,16H2,1-4H3. The van der Waals surface area contributed by atoms with Gasteiger partial charge in [0.1, 0.15) is 23.2 Å². The van der Waals surface area contributed by atoms with E-state index in [1.54, 1.807) is 12.1 Å². The fraction of sp³-hybridized carbons (Fsp3) is 0.536. The van der Waals surface area contributed by atoms with Gasteiger partial charge in [0.25, 0.3) is 0 Å². The molecule has 5 nitrogen and oxygen atoms in total. The highest BCUT2D eigenvalue weighted by Gasteiger charge is 2.62. The van der Waals surface area contributed by atoms with Crippen molar-refractivity contribution in [3.05, 3.63) is 51.5 Å². The summed E-state index contributed by atoms with van der Waals surface area (Å²) in [5.41, 5.74) is 1.92.